The van der Waals surface area contributed by atoms with E-state index in [9.17, 15) is 18.0 Å². The molecule has 0 aliphatic carbocycles. The third-order valence-electron chi connectivity index (χ3n) is 3.85. The van der Waals surface area contributed by atoms with Gasteiger partial charge in [-0.25, -0.2) is 0 Å². The van der Waals surface area contributed by atoms with Crippen LogP contribution in [0.15, 0.2) is 24.3 Å². The molecule has 0 spiro atoms. The van der Waals surface area contributed by atoms with Gasteiger partial charge >= 0.3 is 6.18 Å². The van der Waals surface area contributed by atoms with Crippen molar-refractivity contribution in [2.75, 3.05) is 20.1 Å². The predicted molar refractivity (Wildman–Crippen MR) is 74.0 cm³/mol. The van der Waals surface area contributed by atoms with Crippen LogP contribution < -0.4 is 5.32 Å². The molecular formula is C15H19F3N2O. The smallest absolute Gasteiger partial charge is 0.339 e. The minimum absolute atomic E-state index is 0.0713. The molecule has 1 amide bonds. The van der Waals surface area contributed by atoms with Gasteiger partial charge in [0, 0.05) is 18.7 Å². The first kappa shape index (κ1) is 15.8. The van der Waals surface area contributed by atoms with Crippen molar-refractivity contribution >= 4 is 5.91 Å². The SMILES string of the molecule is CN(C(=O)c1cccc(C(F)(F)F)c1)C1CCCNCC1. The minimum atomic E-state index is -4.43. The van der Waals surface area contributed by atoms with E-state index in [2.05, 4.69) is 5.32 Å². The van der Waals surface area contributed by atoms with Gasteiger partial charge in [-0.1, -0.05) is 6.07 Å². The number of carbonyl (C=O) groups excluding carboxylic acids is 1. The van der Waals surface area contributed by atoms with E-state index < -0.39 is 11.7 Å². The van der Waals surface area contributed by atoms with Crippen LogP contribution in [-0.2, 0) is 6.18 Å². The van der Waals surface area contributed by atoms with Gasteiger partial charge in [0.2, 0.25) is 0 Å². The first-order valence-electron chi connectivity index (χ1n) is 7.05. The van der Waals surface area contributed by atoms with Gasteiger partial charge in [0.05, 0.1) is 5.56 Å². The normalized spacial score (nSPS) is 19.9. The van der Waals surface area contributed by atoms with Crippen molar-refractivity contribution in [2.45, 2.75) is 31.5 Å². The molecule has 21 heavy (non-hydrogen) atoms. The molecule has 1 fully saturated rings. The summed E-state index contributed by atoms with van der Waals surface area (Å²) in [7, 11) is 1.67. The third kappa shape index (κ3) is 3.97. The van der Waals surface area contributed by atoms with E-state index in [1.165, 1.54) is 12.1 Å². The number of nitrogens with zero attached hydrogens (tertiary/aromatic N) is 1. The topological polar surface area (TPSA) is 32.3 Å². The molecular weight excluding hydrogens is 281 g/mol. The van der Waals surface area contributed by atoms with Gasteiger partial charge in [-0.15, -0.1) is 0 Å². The van der Waals surface area contributed by atoms with E-state index in [0.29, 0.717) is 0 Å². The van der Waals surface area contributed by atoms with Crippen LogP contribution in [0.5, 0.6) is 0 Å². The molecule has 0 aromatic heterocycles. The number of amides is 1. The summed E-state index contributed by atoms with van der Waals surface area (Å²) < 4.78 is 38.1. The first-order valence-corrected chi connectivity index (χ1v) is 7.05. The first-order chi connectivity index (χ1) is 9.89. The second-order valence-electron chi connectivity index (χ2n) is 5.33. The molecule has 0 bridgehead atoms. The number of hydrogen-bond donors (Lipinski definition) is 1. The van der Waals surface area contributed by atoms with Crippen LogP contribution in [0.25, 0.3) is 0 Å². The van der Waals surface area contributed by atoms with E-state index in [-0.39, 0.29) is 17.5 Å². The van der Waals surface area contributed by atoms with Crippen molar-refractivity contribution in [3.05, 3.63) is 35.4 Å². The van der Waals surface area contributed by atoms with Crippen molar-refractivity contribution in [3.63, 3.8) is 0 Å². The number of carbonyl (C=O) groups is 1. The van der Waals surface area contributed by atoms with E-state index in [1.807, 2.05) is 0 Å². The Morgan fingerprint density at radius 1 is 1.29 bits per heavy atom. The van der Waals surface area contributed by atoms with E-state index in [1.54, 1.807) is 11.9 Å². The Hall–Kier alpha value is -1.56. The Kier molecular flexibility index (Phi) is 4.88. The van der Waals surface area contributed by atoms with Gasteiger partial charge in [0.15, 0.2) is 0 Å². The maximum atomic E-state index is 12.7. The molecule has 1 aliphatic rings. The van der Waals surface area contributed by atoms with Crippen molar-refractivity contribution in [3.8, 4) is 0 Å². The van der Waals surface area contributed by atoms with Gasteiger partial charge in [-0.05, 0) is 50.6 Å². The number of alkyl halides is 3. The number of benzene rings is 1. The number of hydrogen-bond acceptors (Lipinski definition) is 2. The molecule has 1 aromatic carbocycles. The highest BCUT2D eigenvalue weighted by Crippen LogP contribution is 2.30. The van der Waals surface area contributed by atoms with E-state index in [4.69, 9.17) is 0 Å². The maximum Gasteiger partial charge on any atom is 0.416 e. The largest absolute Gasteiger partial charge is 0.416 e. The summed E-state index contributed by atoms with van der Waals surface area (Å²) in [6.07, 6.45) is -1.78. The standard InChI is InChI=1S/C15H19F3N2O/c1-20(13-6-3-8-19-9-7-13)14(21)11-4-2-5-12(10-11)15(16,17)18/h2,4-5,10,13,19H,3,6-9H2,1H3. The Morgan fingerprint density at radius 3 is 2.76 bits per heavy atom. The number of rotatable bonds is 2. The van der Waals surface area contributed by atoms with Gasteiger partial charge in [-0.2, -0.15) is 13.2 Å². The highest BCUT2D eigenvalue weighted by Gasteiger charge is 2.31. The molecule has 1 atom stereocenters. The van der Waals surface area contributed by atoms with Gasteiger partial charge < -0.3 is 10.2 Å². The number of halogens is 3. The van der Waals surface area contributed by atoms with Gasteiger partial charge in [-0.3, -0.25) is 4.79 Å². The highest BCUT2D eigenvalue weighted by molar-refractivity contribution is 5.94. The predicted octanol–water partition coefficient (Wildman–Crippen LogP) is 2.92. The van der Waals surface area contributed by atoms with E-state index in [0.717, 1.165) is 44.5 Å². The Labute approximate surface area is 122 Å². The quantitative estimate of drug-likeness (QED) is 0.911. The fourth-order valence-corrected chi connectivity index (χ4v) is 2.59. The van der Waals surface area contributed by atoms with Crippen molar-refractivity contribution < 1.29 is 18.0 Å². The Balaban J connectivity index is 2.15. The molecule has 1 saturated heterocycles. The lowest BCUT2D eigenvalue weighted by Crippen LogP contribution is -2.37. The second kappa shape index (κ2) is 6.47. The molecule has 3 nitrogen and oxygen atoms in total. The lowest BCUT2D eigenvalue weighted by Gasteiger charge is -2.27. The fourth-order valence-electron chi connectivity index (χ4n) is 2.59. The molecule has 1 aliphatic heterocycles. The minimum Gasteiger partial charge on any atom is -0.339 e. The number of nitrogens with one attached hydrogen (secondary N) is 1. The molecule has 6 heteroatoms. The van der Waals surface area contributed by atoms with Crippen LogP contribution >= 0.6 is 0 Å². The maximum absolute atomic E-state index is 12.7. The summed E-state index contributed by atoms with van der Waals surface area (Å²) in [5, 5.41) is 3.25. The molecule has 1 N–H and O–H groups in total. The molecule has 0 radical (unpaired) electrons. The molecule has 1 aromatic rings. The average Bonchev–Trinajstić information content (AvgIpc) is 2.74. The Morgan fingerprint density at radius 2 is 2.05 bits per heavy atom. The lowest BCUT2D eigenvalue weighted by molar-refractivity contribution is -0.137. The fraction of sp³-hybridized carbons (Fsp3) is 0.533. The lowest BCUT2D eigenvalue weighted by atomic mass is 10.1. The van der Waals surface area contributed by atoms with E-state index >= 15 is 0 Å². The molecule has 2 rings (SSSR count). The molecule has 1 heterocycles. The van der Waals surface area contributed by atoms with Crippen LogP contribution in [0, 0.1) is 0 Å². The van der Waals surface area contributed by atoms with Crippen molar-refractivity contribution in [2.24, 2.45) is 0 Å². The van der Waals surface area contributed by atoms with Crippen LogP contribution in [0.1, 0.15) is 35.2 Å². The monoisotopic (exact) mass is 300 g/mol. The zero-order chi connectivity index (χ0) is 15.5. The molecule has 1 unspecified atom stereocenters. The van der Waals surface area contributed by atoms with Gasteiger partial charge in [0.1, 0.15) is 0 Å². The zero-order valence-corrected chi connectivity index (χ0v) is 11.9. The van der Waals surface area contributed by atoms with Crippen LogP contribution in [0.4, 0.5) is 13.2 Å². The molecule has 0 saturated carbocycles. The highest BCUT2D eigenvalue weighted by atomic mass is 19.4. The zero-order valence-electron chi connectivity index (χ0n) is 11.9. The summed E-state index contributed by atoms with van der Waals surface area (Å²) in [6, 6.07) is 4.68. The summed E-state index contributed by atoms with van der Waals surface area (Å²) in [4.78, 5) is 13.9. The van der Waals surface area contributed by atoms with Crippen molar-refractivity contribution in [1.29, 1.82) is 0 Å². The Bertz CT molecular complexity index is 494. The average molecular weight is 300 g/mol. The van der Waals surface area contributed by atoms with Crippen LogP contribution in [0.3, 0.4) is 0 Å². The van der Waals surface area contributed by atoms with Crippen LogP contribution in [-0.4, -0.2) is 37.0 Å². The summed E-state index contributed by atoms with van der Waals surface area (Å²) >= 11 is 0. The second-order valence-corrected chi connectivity index (χ2v) is 5.33. The van der Waals surface area contributed by atoms with Gasteiger partial charge in [0.25, 0.3) is 5.91 Å². The summed E-state index contributed by atoms with van der Waals surface area (Å²) in [5.74, 6) is -0.354. The summed E-state index contributed by atoms with van der Waals surface area (Å²) in [5.41, 5.74) is -0.700. The van der Waals surface area contributed by atoms with Crippen LogP contribution in [0.2, 0.25) is 0 Å². The third-order valence-corrected chi connectivity index (χ3v) is 3.85. The van der Waals surface area contributed by atoms with Crippen molar-refractivity contribution in [1.82, 2.24) is 10.2 Å². The molecule has 116 valence electrons. The summed E-state index contributed by atoms with van der Waals surface area (Å²) in [6.45, 7) is 1.74.